The van der Waals surface area contributed by atoms with Crippen LogP contribution in [0.2, 0.25) is 0 Å². The third-order valence-electron chi connectivity index (χ3n) is 6.23. The van der Waals surface area contributed by atoms with Crippen LogP contribution in [0.5, 0.6) is 0 Å². The number of carbonyl (C=O) groups excluding carboxylic acids is 1. The Bertz CT molecular complexity index is 1010. The molecular formula is C33H50N3NaO3. The van der Waals surface area contributed by atoms with Gasteiger partial charge in [-0.05, 0) is 69.0 Å². The molecule has 0 saturated heterocycles. The third-order valence-corrected chi connectivity index (χ3v) is 6.23. The molecule has 3 rings (SSSR count). The number of aliphatic hydroxyl groups is 1. The fourth-order valence-electron chi connectivity index (χ4n) is 3.42. The molecule has 1 aliphatic rings. The third kappa shape index (κ3) is 17.3. The van der Waals surface area contributed by atoms with Crippen molar-refractivity contribution in [3.8, 4) is 0 Å². The van der Waals surface area contributed by atoms with Crippen molar-refractivity contribution >= 4 is 23.4 Å². The first-order valence-corrected chi connectivity index (χ1v) is 14.1. The summed E-state index contributed by atoms with van der Waals surface area (Å²) < 4.78 is 0. The van der Waals surface area contributed by atoms with Gasteiger partial charge in [-0.25, -0.2) is 0 Å². The maximum absolute atomic E-state index is 12.6. The van der Waals surface area contributed by atoms with Gasteiger partial charge in [0.1, 0.15) is 11.4 Å². The summed E-state index contributed by atoms with van der Waals surface area (Å²) in [4.78, 5) is 25.1. The summed E-state index contributed by atoms with van der Waals surface area (Å²) >= 11 is 0. The number of nitrogens with zero attached hydrogens (tertiary/aromatic N) is 2. The fraction of sp³-hybridized carbons (Fsp3) is 0.455. The summed E-state index contributed by atoms with van der Waals surface area (Å²) in [5.74, 6) is -0.222. The van der Waals surface area contributed by atoms with Crippen molar-refractivity contribution < 1.29 is 39.5 Å². The van der Waals surface area contributed by atoms with Gasteiger partial charge in [-0.3, -0.25) is 4.79 Å². The smallest absolute Gasteiger partial charge is 0.393 e. The second-order valence-corrected chi connectivity index (χ2v) is 9.16. The molecule has 0 bridgehead atoms. The maximum atomic E-state index is 12.6. The summed E-state index contributed by atoms with van der Waals surface area (Å²) in [6.45, 7) is 16.8. The molecule has 0 aliphatic heterocycles. The predicted octanol–water partition coefficient (Wildman–Crippen LogP) is 5.90. The molecule has 2 aromatic carbocycles. The summed E-state index contributed by atoms with van der Waals surface area (Å²) in [5.41, 5.74) is 4.62. The Labute approximate surface area is 265 Å². The van der Waals surface area contributed by atoms with E-state index < -0.39 is 0 Å². The first-order valence-electron chi connectivity index (χ1n) is 14.1. The van der Waals surface area contributed by atoms with E-state index in [0.29, 0.717) is 23.6 Å². The van der Waals surface area contributed by atoms with Gasteiger partial charge in [0.05, 0.1) is 6.10 Å². The van der Waals surface area contributed by atoms with Gasteiger partial charge >= 0.3 is 29.6 Å². The first kappa shape index (κ1) is 39.8. The zero-order chi connectivity index (χ0) is 29.6. The maximum Gasteiger partial charge on any atom is 1.00 e. The Balaban J connectivity index is 0. The number of nitroso groups, excluding NO2 is 1. The first-order chi connectivity index (χ1) is 18.7. The number of benzene rings is 2. The van der Waals surface area contributed by atoms with Crippen LogP contribution < -0.4 is 34.9 Å². The number of allylic oxidation sites excluding steroid dienone is 2. The van der Waals surface area contributed by atoms with E-state index >= 15 is 0 Å². The van der Waals surface area contributed by atoms with Crippen LogP contribution in [0.15, 0.2) is 71.1 Å². The fourth-order valence-corrected chi connectivity index (χ4v) is 3.42. The van der Waals surface area contributed by atoms with Crippen molar-refractivity contribution in [2.24, 2.45) is 5.18 Å². The van der Waals surface area contributed by atoms with E-state index in [2.05, 4.69) is 44.3 Å². The molecule has 0 radical (unpaired) electrons. The van der Waals surface area contributed by atoms with Gasteiger partial charge in [-0.2, -0.15) is 24.6 Å². The molecule has 2 N–H and O–H groups in total. The average Bonchev–Trinajstić information content (AvgIpc) is 2.98. The molecule has 7 heteroatoms. The molecule has 1 saturated carbocycles. The summed E-state index contributed by atoms with van der Waals surface area (Å²) in [6.07, 6.45) is 11.0. The molecule has 0 heterocycles. The van der Waals surface area contributed by atoms with E-state index in [0.717, 1.165) is 24.0 Å². The van der Waals surface area contributed by atoms with Crippen LogP contribution in [0.4, 0.5) is 11.4 Å². The van der Waals surface area contributed by atoms with E-state index in [1.807, 2.05) is 50.9 Å². The molecule has 216 valence electrons. The van der Waals surface area contributed by atoms with Crippen LogP contribution in [-0.4, -0.2) is 35.6 Å². The molecule has 0 aromatic heterocycles. The molecule has 1 fully saturated rings. The number of likely N-dealkylation sites (N-methyl/N-ethyl adjacent to an activating group) is 1. The molecule has 1 aliphatic carbocycles. The van der Waals surface area contributed by atoms with E-state index in [1.54, 1.807) is 36.4 Å². The van der Waals surface area contributed by atoms with Gasteiger partial charge in [0, 0.05) is 19.3 Å². The number of hydrogen-bond acceptors (Lipinski definition) is 5. The zero-order valence-corrected chi connectivity index (χ0v) is 28.2. The Hall–Kier alpha value is -2.38. The summed E-state index contributed by atoms with van der Waals surface area (Å²) in [7, 11) is 1.84. The number of nitrogens with one attached hydrogen (secondary N) is 1. The predicted molar refractivity (Wildman–Crippen MR) is 168 cm³/mol. The number of anilines is 1. The molecular weight excluding hydrogens is 509 g/mol. The second kappa shape index (κ2) is 24.4. The minimum atomic E-state index is -0.222. The van der Waals surface area contributed by atoms with Crippen LogP contribution in [0.25, 0.3) is 6.08 Å². The number of carbonyl (C=O) groups is 1. The van der Waals surface area contributed by atoms with Gasteiger partial charge in [-0.1, -0.05) is 75.9 Å². The minimum Gasteiger partial charge on any atom is -0.393 e. The van der Waals surface area contributed by atoms with Gasteiger partial charge in [0.25, 0.3) is 5.91 Å². The van der Waals surface area contributed by atoms with Gasteiger partial charge in [0.2, 0.25) is 0 Å². The molecule has 0 spiro atoms. The number of hydrogen-bond donors (Lipinski definition) is 2. The second-order valence-electron chi connectivity index (χ2n) is 9.16. The van der Waals surface area contributed by atoms with Crippen LogP contribution in [0.3, 0.4) is 0 Å². The van der Waals surface area contributed by atoms with Crippen molar-refractivity contribution in [3.63, 3.8) is 0 Å². The summed E-state index contributed by atoms with van der Waals surface area (Å²) in [5, 5.41) is 14.7. The minimum absolute atomic E-state index is 0. The zero-order valence-electron chi connectivity index (χ0n) is 26.2. The van der Waals surface area contributed by atoms with Crippen molar-refractivity contribution in [1.82, 2.24) is 4.90 Å². The Morgan fingerprint density at radius 1 is 1.10 bits per heavy atom. The Kier molecular flexibility index (Phi) is 24.3. The molecule has 2 aromatic rings. The Morgan fingerprint density at radius 2 is 1.70 bits per heavy atom. The number of aliphatic hydroxyl groups excluding tert-OH is 1. The molecule has 0 atom stereocenters. The number of rotatable bonds is 7. The van der Waals surface area contributed by atoms with Crippen LogP contribution in [0.1, 0.15) is 91.2 Å². The topological polar surface area (TPSA) is 82.0 Å². The number of amides is 1. The molecule has 1 amide bonds. The SMILES string of the molecule is C/C=C(/C)CC.CC.OC1CCCCC1.[CH2-]c1ccc(NC(=O)/C(=C/c2cccc(N=O)c2)N(C)CC)cc1.[Na+]. The Morgan fingerprint density at radius 3 is 2.12 bits per heavy atom. The van der Waals surface area contributed by atoms with E-state index in [4.69, 9.17) is 5.11 Å². The largest absolute Gasteiger partial charge is 1.00 e. The van der Waals surface area contributed by atoms with E-state index in [-0.39, 0.29) is 41.6 Å². The van der Waals surface area contributed by atoms with Crippen LogP contribution in [-0.2, 0) is 4.79 Å². The van der Waals surface area contributed by atoms with Gasteiger partial charge < -0.3 is 15.3 Å². The summed E-state index contributed by atoms with van der Waals surface area (Å²) in [6, 6.07) is 14.1. The molecule has 40 heavy (non-hydrogen) atoms. The van der Waals surface area contributed by atoms with Crippen LogP contribution in [0, 0.1) is 11.8 Å². The normalized spacial score (nSPS) is 13.0. The van der Waals surface area contributed by atoms with E-state index in [9.17, 15) is 9.70 Å². The van der Waals surface area contributed by atoms with Crippen molar-refractivity contribution in [1.29, 1.82) is 0 Å². The van der Waals surface area contributed by atoms with Gasteiger partial charge in [0.15, 0.2) is 0 Å². The van der Waals surface area contributed by atoms with Crippen molar-refractivity contribution in [3.05, 3.63) is 88.8 Å². The van der Waals surface area contributed by atoms with E-state index in [1.165, 1.54) is 31.3 Å². The average molecular weight is 560 g/mol. The monoisotopic (exact) mass is 559 g/mol. The van der Waals surface area contributed by atoms with Crippen molar-refractivity contribution in [2.45, 2.75) is 86.2 Å². The van der Waals surface area contributed by atoms with Gasteiger partial charge in [-0.15, -0.1) is 4.91 Å². The molecule has 6 nitrogen and oxygen atoms in total. The van der Waals surface area contributed by atoms with Crippen molar-refractivity contribution in [2.75, 3.05) is 18.9 Å². The molecule has 0 unspecified atom stereocenters. The quantitative estimate of drug-likeness (QED) is 0.145. The van der Waals surface area contributed by atoms with Crippen LogP contribution >= 0.6 is 0 Å². The standard InChI is InChI=1S/C19H20N3O2.C6H12O.C6H12.C2H6.Na/c1-4-22(3)18(13-15-6-5-7-17(12-15)21-24)19(23)20-16-10-8-14(2)9-11-16;7-6-4-2-1-3-5-6;1-4-6(3)5-2;1-2;/h5-13H,2,4H2,1,3H3,(H,20,23);6-7H,1-5H2;4H,5H2,1-3H3;1-2H3;/q-1;;;;+1/b18-13-;;6-4-;;.